The number of rotatable bonds is 4. The molecule has 2 amide bonds. The zero-order chi connectivity index (χ0) is 18.1. The summed E-state index contributed by atoms with van der Waals surface area (Å²) in [6.45, 7) is 0. The maximum atomic E-state index is 13.1. The van der Waals surface area contributed by atoms with Crippen molar-refractivity contribution in [3.63, 3.8) is 0 Å². The summed E-state index contributed by atoms with van der Waals surface area (Å²) in [5, 5.41) is 3.15. The number of carbonyl (C=O) groups excluding carboxylic acids is 2. The third-order valence-electron chi connectivity index (χ3n) is 5.24. The van der Waals surface area contributed by atoms with E-state index in [1.807, 2.05) is 36.4 Å². The molecule has 1 N–H and O–H groups in total. The monoisotopic (exact) mass is 350 g/mol. The predicted molar refractivity (Wildman–Crippen MR) is 99.4 cm³/mol. The lowest BCUT2D eigenvalue weighted by Crippen LogP contribution is -2.42. The van der Waals surface area contributed by atoms with E-state index < -0.39 is 6.04 Å². The number of amides is 2. The Kier molecular flexibility index (Phi) is 4.37. The van der Waals surface area contributed by atoms with Crippen molar-refractivity contribution in [3.8, 4) is 5.75 Å². The summed E-state index contributed by atoms with van der Waals surface area (Å²) in [5.74, 6) is 0.389. The van der Waals surface area contributed by atoms with E-state index in [1.54, 1.807) is 24.1 Å². The number of nitrogens with zero attached hydrogens (tertiary/aromatic N) is 1. The first-order chi connectivity index (χ1) is 12.7. The molecule has 1 heterocycles. The number of carbonyl (C=O) groups is 2. The van der Waals surface area contributed by atoms with Gasteiger partial charge >= 0.3 is 0 Å². The normalized spacial score (nSPS) is 19.5. The minimum Gasteiger partial charge on any atom is -0.497 e. The maximum Gasteiger partial charge on any atom is 0.259 e. The lowest BCUT2D eigenvalue weighted by Gasteiger charge is -2.26. The van der Waals surface area contributed by atoms with Crippen LogP contribution >= 0.6 is 0 Å². The molecule has 1 fully saturated rings. The van der Waals surface area contributed by atoms with E-state index in [0.29, 0.717) is 17.0 Å². The summed E-state index contributed by atoms with van der Waals surface area (Å²) in [5.41, 5.74) is 2.01. The summed E-state index contributed by atoms with van der Waals surface area (Å²) in [6.07, 6.45) is 4.30. The molecule has 1 aliphatic carbocycles. The average molecular weight is 350 g/mol. The van der Waals surface area contributed by atoms with Gasteiger partial charge in [-0.15, -0.1) is 0 Å². The Morgan fingerprint density at radius 3 is 2.65 bits per heavy atom. The van der Waals surface area contributed by atoms with E-state index in [0.717, 1.165) is 31.2 Å². The van der Waals surface area contributed by atoms with Gasteiger partial charge in [0.25, 0.3) is 5.91 Å². The number of methoxy groups -OCH3 is 1. The van der Waals surface area contributed by atoms with Crippen LogP contribution in [0.3, 0.4) is 0 Å². The van der Waals surface area contributed by atoms with Gasteiger partial charge in [0.15, 0.2) is 0 Å². The number of hydrogen-bond acceptors (Lipinski definition) is 3. The van der Waals surface area contributed by atoms with Gasteiger partial charge < -0.3 is 10.1 Å². The van der Waals surface area contributed by atoms with Crippen molar-refractivity contribution >= 4 is 17.5 Å². The predicted octanol–water partition coefficient (Wildman–Crippen LogP) is 3.46. The molecule has 1 aliphatic heterocycles. The minimum absolute atomic E-state index is 0.113. The largest absolute Gasteiger partial charge is 0.497 e. The lowest BCUT2D eigenvalue weighted by molar-refractivity contribution is -0.123. The molecule has 134 valence electrons. The molecule has 2 aromatic rings. The molecule has 0 spiro atoms. The van der Waals surface area contributed by atoms with Crippen molar-refractivity contribution in [3.05, 3.63) is 59.7 Å². The second-order valence-corrected chi connectivity index (χ2v) is 6.86. The number of ether oxygens (including phenoxy) is 1. The van der Waals surface area contributed by atoms with Crippen LogP contribution in [0.1, 0.15) is 47.6 Å². The van der Waals surface area contributed by atoms with Crippen LogP contribution < -0.4 is 15.0 Å². The minimum atomic E-state index is -0.647. The third kappa shape index (κ3) is 2.83. The van der Waals surface area contributed by atoms with Crippen molar-refractivity contribution in [1.29, 1.82) is 0 Å². The molecular weight excluding hydrogens is 328 g/mol. The summed E-state index contributed by atoms with van der Waals surface area (Å²) in [4.78, 5) is 27.7. The number of hydrogen-bond donors (Lipinski definition) is 1. The van der Waals surface area contributed by atoms with Gasteiger partial charge in [-0.1, -0.05) is 37.1 Å². The van der Waals surface area contributed by atoms with Crippen LogP contribution in [0.4, 0.5) is 5.69 Å². The summed E-state index contributed by atoms with van der Waals surface area (Å²) in [7, 11) is 1.59. The van der Waals surface area contributed by atoms with E-state index >= 15 is 0 Å². The van der Waals surface area contributed by atoms with Crippen LogP contribution in [0.5, 0.6) is 5.75 Å². The molecular formula is C21H22N2O3. The van der Waals surface area contributed by atoms with E-state index in [2.05, 4.69) is 5.32 Å². The SMILES string of the molecule is COc1cccc(N2C(=O)c3ccccc3C2C(=O)NC2CCCC2)c1. The summed E-state index contributed by atoms with van der Waals surface area (Å²) < 4.78 is 5.29. The lowest BCUT2D eigenvalue weighted by atomic mass is 10.0. The summed E-state index contributed by atoms with van der Waals surface area (Å²) >= 11 is 0. The van der Waals surface area contributed by atoms with Crippen LogP contribution in [-0.4, -0.2) is 25.0 Å². The summed E-state index contributed by atoms with van der Waals surface area (Å²) in [6, 6.07) is 14.2. The Morgan fingerprint density at radius 1 is 1.12 bits per heavy atom. The van der Waals surface area contributed by atoms with Crippen LogP contribution in [-0.2, 0) is 4.79 Å². The molecule has 0 radical (unpaired) electrons. The Balaban J connectivity index is 1.73. The van der Waals surface area contributed by atoms with Crippen molar-refractivity contribution in [1.82, 2.24) is 5.32 Å². The van der Waals surface area contributed by atoms with Crippen molar-refractivity contribution in [2.24, 2.45) is 0 Å². The average Bonchev–Trinajstić information content (AvgIpc) is 3.28. The molecule has 5 nitrogen and oxygen atoms in total. The van der Waals surface area contributed by atoms with E-state index in [-0.39, 0.29) is 17.9 Å². The third-order valence-corrected chi connectivity index (χ3v) is 5.24. The topological polar surface area (TPSA) is 58.6 Å². The first kappa shape index (κ1) is 16.6. The van der Waals surface area contributed by atoms with Gasteiger partial charge in [-0.25, -0.2) is 0 Å². The Morgan fingerprint density at radius 2 is 1.88 bits per heavy atom. The van der Waals surface area contributed by atoms with Crippen molar-refractivity contribution in [2.75, 3.05) is 12.0 Å². The number of anilines is 1. The Hall–Kier alpha value is -2.82. The smallest absolute Gasteiger partial charge is 0.259 e. The van der Waals surface area contributed by atoms with Gasteiger partial charge in [0.2, 0.25) is 5.91 Å². The molecule has 5 heteroatoms. The molecule has 2 aromatic carbocycles. The fourth-order valence-corrected chi connectivity index (χ4v) is 3.95. The highest BCUT2D eigenvalue weighted by Crippen LogP contribution is 2.39. The fourth-order valence-electron chi connectivity index (χ4n) is 3.95. The second kappa shape index (κ2) is 6.83. The van der Waals surface area contributed by atoms with Crippen LogP contribution in [0.2, 0.25) is 0 Å². The molecule has 2 aliphatic rings. The van der Waals surface area contributed by atoms with Gasteiger partial charge in [-0.05, 0) is 36.6 Å². The van der Waals surface area contributed by atoms with Gasteiger partial charge in [-0.2, -0.15) is 0 Å². The molecule has 26 heavy (non-hydrogen) atoms. The highest BCUT2D eigenvalue weighted by atomic mass is 16.5. The zero-order valence-corrected chi connectivity index (χ0v) is 14.8. The number of fused-ring (bicyclic) bond motifs is 1. The molecule has 0 saturated heterocycles. The highest BCUT2D eigenvalue weighted by Gasteiger charge is 2.42. The quantitative estimate of drug-likeness (QED) is 0.919. The zero-order valence-electron chi connectivity index (χ0n) is 14.8. The van der Waals surface area contributed by atoms with E-state index in [9.17, 15) is 9.59 Å². The Bertz CT molecular complexity index is 843. The molecule has 4 rings (SSSR count). The molecule has 1 saturated carbocycles. The highest BCUT2D eigenvalue weighted by molar-refractivity contribution is 6.15. The first-order valence-electron chi connectivity index (χ1n) is 9.06. The second-order valence-electron chi connectivity index (χ2n) is 6.86. The van der Waals surface area contributed by atoms with Gasteiger partial charge in [-0.3, -0.25) is 14.5 Å². The van der Waals surface area contributed by atoms with Gasteiger partial charge in [0.05, 0.1) is 7.11 Å². The van der Waals surface area contributed by atoms with Crippen molar-refractivity contribution in [2.45, 2.75) is 37.8 Å². The van der Waals surface area contributed by atoms with Crippen LogP contribution in [0.25, 0.3) is 0 Å². The fraction of sp³-hybridized carbons (Fsp3) is 0.333. The van der Waals surface area contributed by atoms with Crippen LogP contribution in [0.15, 0.2) is 48.5 Å². The molecule has 0 aromatic heterocycles. The maximum absolute atomic E-state index is 13.1. The van der Waals surface area contributed by atoms with Gasteiger partial charge in [0, 0.05) is 23.4 Å². The van der Waals surface area contributed by atoms with E-state index in [1.165, 1.54) is 0 Å². The van der Waals surface area contributed by atoms with Crippen LogP contribution in [0, 0.1) is 0 Å². The molecule has 1 unspecified atom stereocenters. The van der Waals surface area contributed by atoms with Gasteiger partial charge in [0.1, 0.15) is 11.8 Å². The van der Waals surface area contributed by atoms with E-state index in [4.69, 9.17) is 4.74 Å². The Labute approximate surface area is 153 Å². The number of benzene rings is 2. The standard InChI is InChI=1S/C21H22N2O3/c1-26-16-10-6-9-15(13-16)23-19(20(24)22-14-7-2-3-8-14)17-11-4-5-12-18(17)21(23)25/h4-6,9-14,19H,2-3,7-8H2,1H3,(H,22,24). The molecule has 1 atom stereocenters. The molecule has 0 bridgehead atoms. The first-order valence-corrected chi connectivity index (χ1v) is 9.06. The number of nitrogens with one attached hydrogen (secondary N) is 1. The van der Waals surface area contributed by atoms with Crippen molar-refractivity contribution < 1.29 is 14.3 Å².